The quantitative estimate of drug-likeness (QED) is 0.658. The molecule has 0 aromatic carbocycles. The normalized spacial score (nSPS) is 22.5. The van der Waals surface area contributed by atoms with Gasteiger partial charge in [-0.1, -0.05) is 6.92 Å². The summed E-state index contributed by atoms with van der Waals surface area (Å²) in [5.74, 6) is -1.09. The average Bonchev–Trinajstić information content (AvgIpc) is 2.83. The standard InChI is InChI=1S/C12H15N3O4/c1-2-12(11(16)17)6-3-7-14(12)9-4-5-10(13-8-9)15(18)19/h4-5,8H,2-3,6-7H2,1H3,(H,16,17). The van der Waals surface area contributed by atoms with Crippen molar-refractivity contribution in [2.75, 3.05) is 11.4 Å². The van der Waals surface area contributed by atoms with Crippen molar-refractivity contribution < 1.29 is 14.8 Å². The number of anilines is 1. The minimum atomic E-state index is -0.919. The molecule has 19 heavy (non-hydrogen) atoms. The molecule has 1 unspecified atom stereocenters. The molecule has 2 heterocycles. The Labute approximate surface area is 110 Å². The van der Waals surface area contributed by atoms with Gasteiger partial charge in [0.15, 0.2) is 6.20 Å². The Bertz CT molecular complexity index is 502. The molecule has 0 saturated carbocycles. The first-order valence-electron chi connectivity index (χ1n) is 6.13. The number of hydrogen-bond donors (Lipinski definition) is 1. The van der Waals surface area contributed by atoms with Crippen LogP contribution in [0.15, 0.2) is 18.3 Å². The molecule has 0 aliphatic carbocycles. The van der Waals surface area contributed by atoms with Gasteiger partial charge < -0.3 is 20.1 Å². The summed E-state index contributed by atoms with van der Waals surface area (Å²) in [5.41, 5.74) is -0.301. The van der Waals surface area contributed by atoms with Crippen molar-refractivity contribution in [1.29, 1.82) is 0 Å². The van der Waals surface area contributed by atoms with E-state index >= 15 is 0 Å². The van der Waals surface area contributed by atoms with E-state index in [2.05, 4.69) is 4.98 Å². The Balaban J connectivity index is 2.34. The smallest absolute Gasteiger partial charge is 0.363 e. The van der Waals surface area contributed by atoms with Crippen molar-refractivity contribution in [2.45, 2.75) is 31.7 Å². The summed E-state index contributed by atoms with van der Waals surface area (Å²) >= 11 is 0. The summed E-state index contributed by atoms with van der Waals surface area (Å²) in [7, 11) is 0. The molecular formula is C12H15N3O4. The van der Waals surface area contributed by atoms with Crippen LogP contribution >= 0.6 is 0 Å². The summed E-state index contributed by atoms with van der Waals surface area (Å²) < 4.78 is 0. The fraction of sp³-hybridized carbons (Fsp3) is 0.500. The minimum Gasteiger partial charge on any atom is -0.479 e. The van der Waals surface area contributed by atoms with Gasteiger partial charge in [-0.05, 0) is 35.2 Å². The summed E-state index contributed by atoms with van der Waals surface area (Å²) in [6.45, 7) is 2.46. The second-order valence-electron chi connectivity index (χ2n) is 4.58. The van der Waals surface area contributed by atoms with E-state index < -0.39 is 16.4 Å². The third kappa shape index (κ3) is 2.11. The molecule has 1 aliphatic heterocycles. The van der Waals surface area contributed by atoms with E-state index in [1.165, 1.54) is 12.3 Å². The highest BCUT2D eigenvalue weighted by atomic mass is 16.6. The number of nitro groups is 1. The zero-order valence-electron chi connectivity index (χ0n) is 10.6. The molecule has 0 bridgehead atoms. The summed E-state index contributed by atoms with van der Waals surface area (Å²) in [4.78, 5) is 27.1. The highest BCUT2D eigenvalue weighted by Gasteiger charge is 2.46. The molecule has 1 saturated heterocycles. The van der Waals surface area contributed by atoms with Crippen LogP contribution in [-0.4, -0.2) is 33.1 Å². The SMILES string of the molecule is CCC1(C(=O)O)CCCN1c1ccc([N+](=O)[O-])nc1. The highest BCUT2D eigenvalue weighted by Crippen LogP contribution is 2.36. The van der Waals surface area contributed by atoms with E-state index in [1.54, 1.807) is 11.0 Å². The van der Waals surface area contributed by atoms with Crippen LogP contribution in [0.2, 0.25) is 0 Å². The molecule has 7 heteroatoms. The summed E-state index contributed by atoms with van der Waals surface area (Å²) in [5, 5.41) is 20.0. The van der Waals surface area contributed by atoms with Gasteiger partial charge >= 0.3 is 11.8 Å². The number of carbonyl (C=O) groups is 1. The van der Waals surface area contributed by atoms with Crippen LogP contribution in [0.5, 0.6) is 0 Å². The Morgan fingerprint density at radius 2 is 2.37 bits per heavy atom. The Hall–Kier alpha value is -2.18. The number of pyridine rings is 1. The number of hydrogen-bond acceptors (Lipinski definition) is 5. The molecule has 0 amide bonds. The van der Waals surface area contributed by atoms with E-state index in [4.69, 9.17) is 0 Å². The first-order valence-corrected chi connectivity index (χ1v) is 6.13. The van der Waals surface area contributed by atoms with Crippen molar-refractivity contribution in [1.82, 2.24) is 4.98 Å². The topological polar surface area (TPSA) is 96.6 Å². The van der Waals surface area contributed by atoms with E-state index in [0.29, 0.717) is 25.1 Å². The molecule has 1 N–H and O–H groups in total. The number of rotatable bonds is 4. The van der Waals surface area contributed by atoms with Gasteiger partial charge in [-0.2, -0.15) is 0 Å². The van der Waals surface area contributed by atoms with E-state index in [1.807, 2.05) is 6.92 Å². The van der Waals surface area contributed by atoms with Crippen LogP contribution in [0.4, 0.5) is 11.5 Å². The number of aromatic nitrogens is 1. The van der Waals surface area contributed by atoms with Gasteiger partial charge in [0, 0.05) is 12.6 Å². The molecule has 7 nitrogen and oxygen atoms in total. The van der Waals surface area contributed by atoms with Gasteiger partial charge in [-0.15, -0.1) is 0 Å². The predicted octanol–water partition coefficient (Wildman–Crippen LogP) is 1.82. The fourth-order valence-electron chi connectivity index (χ4n) is 2.64. The van der Waals surface area contributed by atoms with Crippen LogP contribution in [0.25, 0.3) is 0 Å². The molecule has 0 spiro atoms. The third-order valence-corrected chi connectivity index (χ3v) is 3.70. The largest absolute Gasteiger partial charge is 0.479 e. The van der Waals surface area contributed by atoms with Crippen molar-refractivity contribution in [3.05, 3.63) is 28.4 Å². The molecule has 102 valence electrons. The first kappa shape index (κ1) is 13.3. The van der Waals surface area contributed by atoms with Crippen molar-refractivity contribution in [3.8, 4) is 0 Å². The first-order chi connectivity index (χ1) is 9.01. The van der Waals surface area contributed by atoms with Gasteiger partial charge in [0.05, 0.1) is 5.69 Å². The van der Waals surface area contributed by atoms with Crippen LogP contribution in [0.1, 0.15) is 26.2 Å². The van der Waals surface area contributed by atoms with Crippen LogP contribution in [0.3, 0.4) is 0 Å². The minimum absolute atomic E-state index is 0.236. The monoisotopic (exact) mass is 265 g/mol. The lowest BCUT2D eigenvalue weighted by atomic mass is 9.92. The molecule has 1 atom stereocenters. The van der Waals surface area contributed by atoms with Crippen LogP contribution < -0.4 is 4.90 Å². The van der Waals surface area contributed by atoms with Gasteiger partial charge in [-0.3, -0.25) is 0 Å². The third-order valence-electron chi connectivity index (χ3n) is 3.70. The summed E-state index contributed by atoms with van der Waals surface area (Å²) in [6, 6.07) is 2.86. The molecule has 1 aromatic heterocycles. The zero-order chi connectivity index (χ0) is 14.0. The number of carboxylic acid groups (broad SMARTS) is 1. The maximum Gasteiger partial charge on any atom is 0.363 e. The predicted molar refractivity (Wildman–Crippen MR) is 68.1 cm³/mol. The Morgan fingerprint density at radius 3 is 2.84 bits per heavy atom. The van der Waals surface area contributed by atoms with E-state index in [-0.39, 0.29) is 5.82 Å². The molecule has 1 aliphatic rings. The van der Waals surface area contributed by atoms with Crippen molar-refractivity contribution >= 4 is 17.5 Å². The lowest BCUT2D eigenvalue weighted by Crippen LogP contribution is -2.50. The zero-order valence-corrected chi connectivity index (χ0v) is 10.6. The molecule has 2 rings (SSSR count). The highest BCUT2D eigenvalue weighted by molar-refractivity contribution is 5.84. The number of aliphatic carboxylic acids is 1. The average molecular weight is 265 g/mol. The number of carboxylic acids is 1. The number of nitrogens with zero attached hydrogens (tertiary/aromatic N) is 3. The lowest BCUT2D eigenvalue weighted by molar-refractivity contribution is -0.389. The van der Waals surface area contributed by atoms with Gasteiger partial charge in [-0.25, -0.2) is 4.79 Å². The van der Waals surface area contributed by atoms with Crippen LogP contribution in [-0.2, 0) is 4.79 Å². The molecule has 1 fully saturated rings. The molecule has 0 radical (unpaired) electrons. The molecular weight excluding hydrogens is 250 g/mol. The second-order valence-corrected chi connectivity index (χ2v) is 4.58. The van der Waals surface area contributed by atoms with Crippen molar-refractivity contribution in [3.63, 3.8) is 0 Å². The molecule has 1 aromatic rings. The van der Waals surface area contributed by atoms with Gasteiger partial charge in [0.1, 0.15) is 5.54 Å². The summed E-state index contributed by atoms with van der Waals surface area (Å²) in [6.07, 6.45) is 3.23. The van der Waals surface area contributed by atoms with Crippen LogP contribution in [0, 0.1) is 10.1 Å². The maximum absolute atomic E-state index is 11.5. The fourth-order valence-corrected chi connectivity index (χ4v) is 2.64. The van der Waals surface area contributed by atoms with E-state index in [0.717, 1.165) is 6.42 Å². The lowest BCUT2D eigenvalue weighted by Gasteiger charge is -2.34. The van der Waals surface area contributed by atoms with Gasteiger partial charge in [0.2, 0.25) is 0 Å². The Kier molecular flexibility index (Phi) is 3.37. The Morgan fingerprint density at radius 1 is 1.63 bits per heavy atom. The second kappa shape index (κ2) is 4.83. The maximum atomic E-state index is 11.5. The van der Waals surface area contributed by atoms with E-state index in [9.17, 15) is 20.0 Å². The van der Waals surface area contributed by atoms with Gasteiger partial charge in [0.25, 0.3) is 0 Å². The van der Waals surface area contributed by atoms with Crippen molar-refractivity contribution in [2.24, 2.45) is 0 Å².